The third-order valence-corrected chi connectivity index (χ3v) is 4.69. The van der Waals surface area contributed by atoms with E-state index in [2.05, 4.69) is 18.7 Å². The molecule has 4 rings (SSSR count). The standard InChI is InChI=1S/C20H16O4/c1-2-18(21)20(10-11-23-19(20)22)24-17-9-5-8-15-14-7-4-3-6-13(14)12-16(15)17/h2-9H,1,10-12H2. The highest BCUT2D eigenvalue weighted by atomic mass is 16.6. The Kier molecular flexibility index (Phi) is 3.27. The second kappa shape index (κ2) is 5.34. The Morgan fingerprint density at radius 3 is 2.71 bits per heavy atom. The van der Waals surface area contributed by atoms with Gasteiger partial charge >= 0.3 is 5.97 Å². The summed E-state index contributed by atoms with van der Waals surface area (Å²) in [6.45, 7) is 3.67. The zero-order valence-corrected chi connectivity index (χ0v) is 13.1. The van der Waals surface area contributed by atoms with Crippen molar-refractivity contribution in [1.82, 2.24) is 0 Å². The third kappa shape index (κ3) is 1.99. The maximum atomic E-state index is 12.3. The molecule has 4 nitrogen and oxygen atoms in total. The second-order valence-corrected chi connectivity index (χ2v) is 6.00. The SMILES string of the molecule is C=CC(=O)C1(Oc2cccc3c2Cc2ccccc2-3)CCOC1=O. The van der Waals surface area contributed by atoms with Crippen molar-refractivity contribution in [3.63, 3.8) is 0 Å². The largest absolute Gasteiger partial charge is 0.467 e. The summed E-state index contributed by atoms with van der Waals surface area (Å²) in [6, 6.07) is 13.9. The van der Waals surface area contributed by atoms with Crippen LogP contribution in [0.15, 0.2) is 55.1 Å². The van der Waals surface area contributed by atoms with E-state index in [1.54, 1.807) is 6.07 Å². The number of hydrogen-bond acceptors (Lipinski definition) is 4. The van der Waals surface area contributed by atoms with Gasteiger partial charge in [0, 0.05) is 18.4 Å². The summed E-state index contributed by atoms with van der Waals surface area (Å²) in [7, 11) is 0. The molecule has 1 atom stereocenters. The molecule has 0 N–H and O–H groups in total. The molecule has 1 fully saturated rings. The van der Waals surface area contributed by atoms with E-state index < -0.39 is 17.4 Å². The van der Waals surface area contributed by atoms with E-state index in [4.69, 9.17) is 9.47 Å². The average Bonchev–Trinajstić information content (AvgIpc) is 3.16. The van der Waals surface area contributed by atoms with E-state index >= 15 is 0 Å². The molecule has 0 radical (unpaired) electrons. The average molecular weight is 320 g/mol. The number of carbonyl (C=O) groups excluding carboxylic acids is 2. The van der Waals surface area contributed by atoms with Gasteiger partial charge in [-0.3, -0.25) is 4.79 Å². The zero-order chi connectivity index (χ0) is 16.7. The number of carbonyl (C=O) groups is 2. The van der Waals surface area contributed by atoms with Gasteiger partial charge in [0.05, 0.1) is 6.61 Å². The van der Waals surface area contributed by atoms with E-state index in [-0.39, 0.29) is 13.0 Å². The summed E-state index contributed by atoms with van der Waals surface area (Å²) in [5.74, 6) is -0.545. The molecule has 24 heavy (non-hydrogen) atoms. The van der Waals surface area contributed by atoms with E-state index in [9.17, 15) is 9.59 Å². The first kappa shape index (κ1) is 14.7. The lowest BCUT2D eigenvalue weighted by Gasteiger charge is -2.24. The maximum Gasteiger partial charge on any atom is 0.358 e. The monoisotopic (exact) mass is 320 g/mol. The molecule has 2 aromatic rings. The lowest BCUT2D eigenvalue weighted by Crippen LogP contribution is -2.48. The minimum atomic E-state index is -1.61. The van der Waals surface area contributed by atoms with Crippen LogP contribution in [0.3, 0.4) is 0 Å². The summed E-state index contributed by atoms with van der Waals surface area (Å²) in [6.07, 6.45) is 2.05. The summed E-state index contributed by atoms with van der Waals surface area (Å²) in [5, 5.41) is 0. The quantitative estimate of drug-likeness (QED) is 0.421. The summed E-state index contributed by atoms with van der Waals surface area (Å²) in [4.78, 5) is 24.5. The topological polar surface area (TPSA) is 52.6 Å². The molecule has 2 aromatic carbocycles. The number of rotatable bonds is 4. The van der Waals surface area contributed by atoms with Gasteiger partial charge in [-0.2, -0.15) is 0 Å². The first-order valence-electron chi connectivity index (χ1n) is 7.89. The molecule has 1 aliphatic heterocycles. The fourth-order valence-corrected chi connectivity index (χ4v) is 3.45. The predicted octanol–water partition coefficient (Wildman–Crippen LogP) is 3.08. The van der Waals surface area contributed by atoms with Gasteiger partial charge in [0.15, 0.2) is 0 Å². The minimum absolute atomic E-state index is 0.174. The van der Waals surface area contributed by atoms with Crippen LogP contribution >= 0.6 is 0 Å². The van der Waals surface area contributed by atoms with Gasteiger partial charge in [-0.05, 0) is 28.8 Å². The highest BCUT2D eigenvalue weighted by Gasteiger charge is 2.53. The molecule has 4 heteroatoms. The maximum absolute atomic E-state index is 12.3. The van der Waals surface area contributed by atoms with E-state index in [0.29, 0.717) is 5.75 Å². The van der Waals surface area contributed by atoms with Crippen LogP contribution in [0.2, 0.25) is 0 Å². The van der Waals surface area contributed by atoms with Crippen LogP contribution in [0.4, 0.5) is 0 Å². The molecule has 0 bridgehead atoms. The van der Waals surface area contributed by atoms with Crippen LogP contribution in [0, 0.1) is 0 Å². The summed E-state index contributed by atoms with van der Waals surface area (Å²) in [5.41, 5.74) is 2.84. The molecule has 1 saturated heterocycles. The summed E-state index contributed by atoms with van der Waals surface area (Å²) < 4.78 is 11.0. The number of ketones is 1. The second-order valence-electron chi connectivity index (χ2n) is 6.00. The number of benzene rings is 2. The Labute approximate surface area is 139 Å². The normalized spacial score (nSPS) is 20.9. The van der Waals surface area contributed by atoms with Gasteiger partial charge < -0.3 is 9.47 Å². The molecular weight excluding hydrogens is 304 g/mol. The number of fused-ring (bicyclic) bond motifs is 3. The lowest BCUT2D eigenvalue weighted by atomic mass is 9.95. The summed E-state index contributed by atoms with van der Waals surface area (Å²) >= 11 is 0. The van der Waals surface area contributed by atoms with Crippen molar-refractivity contribution in [2.45, 2.75) is 18.4 Å². The fourth-order valence-electron chi connectivity index (χ4n) is 3.45. The Morgan fingerprint density at radius 1 is 1.17 bits per heavy atom. The first-order chi connectivity index (χ1) is 11.7. The molecule has 0 spiro atoms. The van der Waals surface area contributed by atoms with Crippen molar-refractivity contribution in [1.29, 1.82) is 0 Å². The van der Waals surface area contributed by atoms with E-state index in [0.717, 1.165) is 29.2 Å². The molecule has 0 saturated carbocycles. The molecule has 0 aromatic heterocycles. The van der Waals surface area contributed by atoms with Gasteiger partial charge in [0.1, 0.15) is 5.75 Å². The molecule has 1 unspecified atom stereocenters. The zero-order valence-electron chi connectivity index (χ0n) is 13.1. The van der Waals surface area contributed by atoms with Crippen molar-refractivity contribution in [3.8, 4) is 16.9 Å². The van der Waals surface area contributed by atoms with Crippen LogP contribution in [-0.2, 0) is 20.7 Å². The van der Waals surface area contributed by atoms with Crippen molar-refractivity contribution in [2.75, 3.05) is 6.61 Å². The number of esters is 1. The van der Waals surface area contributed by atoms with Crippen LogP contribution < -0.4 is 4.74 Å². The number of ether oxygens (including phenoxy) is 2. The van der Waals surface area contributed by atoms with Crippen LogP contribution in [0.25, 0.3) is 11.1 Å². The van der Waals surface area contributed by atoms with Crippen molar-refractivity contribution in [3.05, 3.63) is 66.2 Å². The van der Waals surface area contributed by atoms with Crippen LogP contribution in [-0.4, -0.2) is 24.0 Å². The number of cyclic esters (lactones) is 1. The highest BCUT2D eigenvalue weighted by Crippen LogP contribution is 2.42. The van der Waals surface area contributed by atoms with Crippen LogP contribution in [0.1, 0.15) is 17.5 Å². The highest BCUT2D eigenvalue weighted by molar-refractivity contribution is 6.13. The van der Waals surface area contributed by atoms with Gasteiger partial charge in [0.25, 0.3) is 5.60 Å². The van der Waals surface area contributed by atoms with Gasteiger partial charge in [-0.1, -0.05) is 43.0 Å². The Balaban J connectivity index is 1.78. The van der Waals surface area contributed by atoms with E-state index in [1.165, 1.54) is 5.56 Å². The number of hydrogen-bond donors (Lipinski definition) is 0. The van der Waals surface area contributed by atoms with E-state index in [1.807, 2.05) is 24.3 Å². The molecular formula is C20H16O4. The predicted molar refractivity (Wildman–Crippen MR) is 88.8 cm³/mol. The van der Waals surface area contributed by atoms with Crippen LogP contribution in [0.5, 0.6) is 5.75 Å². The van der Waals surface area contributed by atoms with Gasteiger partial charge in [-0.15, -0.1) is 0 Å². The smallest absolute Gasteiger partial charge is 0.358 e. The Bertz CT molecular complexity index is 868. The Hall–Kier alpha value is -2.88. The van der Waals surface area contributed by atoms with Crippen molar-refractivity contribution >= 4 is 11.8 Å². The minimum Gasteiger partial charge on any atom is -0.467 e. The van der Waals surface area contributed by atoms with Crippen molar-refractivity contribution < 1.29 is 19.1 Å². The molecule has 1 heterocycles. The molecule has 1 aliphatic carbocycles. The third-order valence-electron chi connectivity index (χ3n) is 4.69. The van der Waals surface area contributed by atoms with Gasteiger partial charge in [0.2, 0.25) is 5.78 Å². The lowest BCUT2D eigenvalue weighted by molar-refractivity contribution is -0.155. The molecule has 2 aliphatic rings. The van der Waals surface area contributed by atoms with Crippen molar-refractivity contribution in [2.24, 2.45) is 0 Å². The first-order valence-corrected chi connectivity index (χ1v) is 7.89. The molecule has 0 amide bonds. The van der Waals surface area contributed by atoms with Gasteiger partial charge in [-0.25, -0.2) is 4.79 Å². The molecule has 120 valence electrons. The Morgan fingerprint density at radius 2 is 1.96 bits per heavy atom. The fraction of sp³-hybridized carbons (Fsp3) is 0.200.